The van der Waals surface area contributed by atoms with Crippen molar-refractivity contribution >= 4 is 32.4 Å². The van der Waals surface area contributed by atoms with E-state index in [1.54, 1.807) is 0 Å². The van der Waals surface area contributed by atoms with E-state index in [1.165, 1.54) is 11.8 Å². The van der Waals surface area contributed by atoms with Gasteiger partial charge in [-0.1, -0.05) is 72.2 Å². The number of unbranched alkanes of at least 4 members (excludes halogenated alkanes) is 2. The highest BCUT2D eigenvalue weighted by atomic mass is 32.2. The van der Waals surface area contributed by atoms with Crippen LogP contribution in [0, 0.1) is 0 Å². The van der Waals surface area contributed by atoms with Crippen molar-refractivity contribution in [3.8, 4) is 0 Å². The highest BCUT2D eigenvalue weighted by molar-refractivity contribution is 8.21. The summed E-state index contributed by atoms with van der Waals surface area (Å²) in [5.74, 6) is -1.04. The average molecular weight is 389 g/mol. The third-order valence-electron chi connectivity index (χ3n) is 5.21. The summed E-state index contributed by atoms with van der Waals surface area (Å²) in [6.07, 6.45) is 3.81. The lowest BCUT2D eigenvalue weighted by molar-refractivity contribution is -0.217. The largest absolute Gasteiger partial charge is 0.394 e. The first kappa shape index (κ1) is 22.8. The zero-order chi connectivity index (χ0) is 19.1. The molecular weight excluding hydrogens is 352 g/mol. The maximum atomic E-state index is 13.0. The molecule has 0 aromatic heterocycles. The van der Waals surface area contributed by atoms with Crippen LogP contribution in [0.5, 0.6) is 0 Å². The summed E-state index contributed by atoms with van der Waals surface area (Å²) in [5.41, 5.74) is 0. The summed E-state index contributed by atoms with van der Waals surface area (Å²) in [6.45, 7) is 15.9. The smallest absolute Gasteiger partial charge is 0.257 e. The van der Waals surface area contributed by atoms with Crippen LogP contribution in [0.15, 0.2) is 0 Å². The van der Waals surface area contributed by atoms with Crippen molar-refractivity contribution in [3.63, 3.8) is 0 Å². The van der Waals surface area contributed by atoms with Gasteiger partial charge in [0.25, 0.3) is 5.12 Å². The molecule has 0 aliphatic carbocycles. The Hall–Kier alpha value is -0.213. The average Bonchev–Trinajstić information content (AvgIpc) is 2.62. The standard InChI is InChI=1S/C18H36N2O3SSi/c1-7-12-13-14-17(15(21)16(22)24-17)18(23-25-6,19(8-2)9-3)20(10-4)11-5/h7-14,25H2,1-6H3. The number of hydrogen-bond acceptors (Lipinski definition) is 6. The molecular formula is C18H36N2O3SSi. The third-order valence-corrected chi connectivity index (χ3v) is 7.27. The Morgan fingerprint density at radius 3 is 1.84 bits per heavy atom. The Kier molecular flexibility index (Phi) is 9.32. The van der Waals surface area contributed by atoms with E-state index in [0.29, 0.717) is 6.42 Å². The SMILES string of the molecule is CCCCCC1(C(O[SiH2]C)(N(CC)CC)N(CC)CC)SC(=O)C1=O. The quantitative estimate of drug-likeness (QED) is 0.209. The van der Waals surface area contributed by atoms with Crippen LogP contribution in [0.25, 0.3) is 0 Å². The van der Waals surface area contributed by atoms with E-state index in [9.17, 15) is 9.59 Å². The van der Waals surface area contributed by atoms with E-state index in [1.807, 2.05) is 0 Å². The van der Waals surface area contributed by atoms with Gasteiger partial charge in [0.05, 0.1) is 0 Å². The number of ketones is 1. The van der Waals surface area contributed by atoms with E-state index >= 15 is 0 Å². The second-order valence-corrected chi connectivity index (χ2v) is 8.53. The van der Waals surface area contributed by atoms with Crippen molar-refractivity contribution < 1.29 is 14.0 Å². The molecule has 1 aliphatic rings. The summed E-state index contributed by atoms with van der Waals surface area (Å²) in [6, 6.07) is 0. The minimum Gasteiger partial charge on any atom is -0.394 e. The molecule has 7 heteroatoms. The van der Waals surface area contributed by atoms with Crippen LogP contribution in [0.3, 0.4) is 0 Å². The van der Waals surface area contributed by atoms with Gasteiger partial charge in [-0.05, 0) is 32.6 Å². The van der Waals surface area contributed by atoms with E-state index in [2.05, 4.69) is 51.0 Å². The fourth-order valence-corrected chi connectivity index (χ4v) is 6.48. The highest BCUT2D eigenvalue weighted by Crippen LogP contribution is 2.54. The first-order valence-electron chi connectivity index (χ1n) is 9.87. The Bertz CT molecular complexity index is 444. The number of carbonyl (C=O) groups excluding carboxylic acids is 2. The fourth-order valence-electron chi connectivity index (χ4n) is 4.05. The molecule has 25 heavy (non-hydrogen) atoms. The molecule has 1 atom stereocenters. The predicted molar refractivity (Wildman–Crippen MR) is 109 cm³/mol. The minimum atomic E-state index is -0.801. The number of rotatable bonds is 13. The van der Waals surface area contributed by atoms with Crippen molar-refractivity contribution in [1.29, 1.82) is 0 Å². The number of Topliss-reactive ketones (excluding diaryl/α,β-unsaturated/α-hetero) is 1. The first-order chi connectivity index (χ1) is 11.9. The molecule has 1 aliphatic heterocycles. The number of nitrogens with zero attached hydrogens (tertiary/aromatic N) is 2. The molecule has 0 spiro atoms. The molecule has 1 rings (SSSR count). The summed E-state index contributed by atoms with van der Waals surface area (Å²) in [5, 5.41) is -0.304. The molecule has 1 heterocycles. The van der Waals surface area contributed by atoms with Crippen LogP contribution in [0.1, 0.15) is 60.3 Å². The van der Waals surface area contributed by atoms with E-state index in [4.69, 9.17) is 4.43 Å². The number of carbonyl (C=O) groups is 2. The van der Waals surface area contributed by atoms with Crippen LogP contribution < -0.4 is 0 Å². The highest BCUT2D eigenvalue weighted by Gasteiger charge is 2.70. The lowest BCUT2D eigenvalue weighted by Crippen LogP contribution is -2.79. The van der Waals surface area contributed by atoms with Crippen LogP contribution in [-0.2, 0) is 14.0 Å². The van der Waals surface area contributed by atoms with Gasteiger partial charge in [0, 0.05) is 0 Å². The third kappa shape index (κ3) is 3.90. The topological polar surface area (TPSA) is 49.9 Å². The number of thioether (sulfide) groups is 1. The van der Waals surface area contributed by atoms with Gasteiger partial charge in [-0.2, -0.15) is 0 Å². The zero-order valence-electron chi connectivity index (χ0n) is 16.9. The van der Waals surface area contributed by atoms with Crippen LogP contribution in [0.4, 0.5) is 0 Å². The van der Waals surface area contributed by atoms with Crippen molar-refractivity contribution in [2.24, 2.45) is 0 Å². The van der Waals surface area contributed by atoms with Gasteiger partial charge in [0.2, 0.25) is 5.78 Å². The molecule has 5 nitrogen and oxygen atoms in total. The molecule has 1 unspecified atom stereocenters. The summed E-state index contributed by atoms with van der Waals surface area (Å²) >= 11 is 1.22. The van der Waals surface area contributed by atoms with Gasteiger partial charge >= 0.3 is 0 Å². The van der Waals surface area contributed by atoms with E-state index < -0.39 is 20.4 Å². The van der Waals surface area contributed by atoms with Gasteiger partial charge in [0.1, 0.15) is 4.75 Å². The Balaban J connectivity index is 3.51. The molecule has 0 amide bonds. The van der Waals surface area contributed by atoms with Crippen LogP contribution in [-0.4, -0.2) is 67.2 Å². The lowest BCUT2D eigenvalue weighted by atomic mass is 9.86. The van der Waals surface area contributed by atoms with Gasteiger partial charge in [-0.15, -0.1) is 0 Å². The summed E-state index contributed by atoms with van der Waals surface area (Å²) < 4.78 is 5.78. The van der Waals surface area contributed by atoms with E-state index in [-0.39, 0.29) is 10.9 Å². The summed E-state index contributed by atoms with van der Waals surface area (Å²) in [4.78, 5) is 29.6. The second kappa shape index (κ2) is 10.2. The molecule has 1 fully saturated rings. The lowest BCUT2D eigenvalue weighted by Gasteiger charge is -2.60. The molecule has 0 aromatic rings. The Morgan fingerprint density at radius 1 is 1.00 bits per heavy atom. The summed E-state index contributed by atoms with van der Waals surface area (Å²) in [7, 11) is -0.797. The number of hydrogen-bond donors (Lipinski definition) is 0. The molecule has 0 aromatic carbocycles. The van der Waals surface area contributed by atoms with Gasteiger partial charge in [-0.25, -0.2) is 0 Å². The van der Waals surface area contributed by atoms with E-state index in [0.717, 1.165) is 45.4 Å². The first-order valence-corrected chi connectivity index (χ1v) is 12.7. The van der Waals surface area contributed by atoms with Crippen LogP contribution >= 0.6 is 11.8 Å². The molecule has 0 saturated carbocycles. The van der Waals surface area contributed by atoms with Gasteiger partial charge < -0.3 is 4.43 Å². The zero-order valence-corrected chi connectivity index (χ0v) is 19.1. The normalized spacial score (nSPS) is 21.8. The van der Waals surface area contributed by atoms with Crippen molar-refractivity contribution in [2.75, 3.05) is 26.2 Å². The molecule has 1 saturated heterocycles. The maximum Gasteiger partial charge on any atom is 0.257 e. The molecule has 0 radical (unpaired) electrons. The second-order valence-electron chi connectivity index (χ2n) is 6.39. The predicted octanol–water partition coefficient (Wildman–Crippen LogP) is 2.63. The molecule has 0 bridgehead atoms. The monoisotopic (exact) mass is 388 g/mol. The molecule has 146 valence electrons. The Labute approximate surface area is 160 Å². The fraction of sp³-hybridized carbons (Fsp3) is 0.889. The van der Waals surface area contributed by atoms with Crippen molar-refractivity contribution in [3.05, 3.63) is 0 Å². The van der Waals surface area contributed by atoms with Crippen LogP contribution in [0.2, 0.25) is 6.55 Å². The maximum absolute atomic E-state index is 13.0. The Morgan fingerprint density at radius 2 is 1.52 bits per heavy atom. The molecule has 0 N–H and O–H groups in total. The van der Waals surface area contributed by atoms with Crippen molar-refractivity contribution in [1.82, 2.24) is 9.80 Å². The van der Waals surface area contributed by atoms with Crippen molar-refractivity contribution in [2.45, 2.75) is 77.4 Å². The van der Waals surface area contributed by atoms with Gasteiger partial charge in [-0.3, -0.25) is 19.4 Å². The minimum absolute atomic E-state index is 0.241. The van der Waals surface area contributed by atoms with Gasteiger partial charge in [0.15, 0.2) is 15.6 Å².